The minimum absolute atomic E-state index is 0.292. The Morgan fingerprint density at radius 3 is 1.44 bits per heavy atom. The smallest absolute Gasteiger partial charge is 0.119 e. The molecule has 0 unspecified atom stereocenters. The molecule has 0 radical (unpaired) electrons. The van der Waals surface area contributed by atoms with Crippen LogP contribution in [0.2, 0.25) is 0 Å². The molecule has 0 aliphatic heterocycles. The van der Waals surface area contributed by atoms with Gasteiger partial charge in [-0.3, -0.25) is 0 Å². The van der Waals surface area contributed by atoms with Crippen molar-refractivity contribution in [2.45, 2.75) is 29.4 Å². The minimum Gasteiger partial charge on any atom is -0.508 e. The molecule has 236 valence electrons. The Kier molecular flexibility index (Phi) is 15.4. The number of aromatic hydroxyl groups is 3. The number of hydrogen-bond acceptors (Lipinski definition) is 8. The summed E-state index contributed by atoms with van der Waals surface area (Å²) in [6, 6.07) is 37.2. The van der Waals surface area contributed by atoms with Gasteiger partial charge in [-0.25, -0.2) is 0 Å². The number of methoxy groups -OCH3 is 1. The quantitative estimate of drug-likeness (QED) is 0.0969. The number of hydrogen-bond donors (Lipinski definition) is 3. The third kappa shape index (κ3) is 14.3. The molecule has 0 bridgehead atoms. The van der Waals surface area contributed by atoms with Crippen LogP contribution in [0.25, 0.3) is 0 Å². The van der Waals surface area contributed by atoms with Crippen molar-refractivity contribution in [3.05, 3.63) is 132 Å². The molecule has 0 saturated carbocycles. The van der Waals surface area contributed by atoms with E-state index in [4.69, 9.17) is 19.3 Å². The van der Waals surface area contributed by atoms with E-state index in [1.807, 2.05) is 86.6 Å². The van der Waals surface area contributed by atoms with E-state index in [-0.39, 0.29) is 0 Å². The van der Waals surface area contributed by atoms with Crippen LogP contribution in [0.15, 0.2) is 131 Å². The van der Waals surface area contributed by atoms with Gasteiger partial charge in [-0.2, -0.15) is 0 Å². The van der Waals surface area contributed by atoms with Gasteiger partial charge >= 0.3 is 0 Å². The Morgan fingerprint density at radius 1 is 0.533 bits per heavy atom. The normalized spacial score (nSPS) is 10.0. The molecule has 0 spiro atoms. The van der Waals surface area contributed by atoms with Gasteiger partial charge in [0, 0.05) is 21.3 Å². The van der Waals surface area contributed by atoms with Gasteiger partial charge in [-0.05, 0) is 116 Å². The van der Waals surface area contributed by atoms with Crippen molar-refractivity contribution in [2.24, 2.45) is 0 Å². The van der Waals surface area contributed by atoms with Crippen LogP contribution in [0.3, 0.4) is 0 Å². The van der Waals surface area contributed by atoms with Gasteiger partial charge in [-0.15, -0.1) is 23.5 Å². The van der Waals surface area contributed by atoms with Crippen molar-refractivity contribution in [3.63, 3.8) is 0 Å². The van der Waals surface area contributed by atoms with Gasteiger partial charge in [-0.1, -0.05) is 29.8 Å². The molecule has 6 nitrogen and oxygen atoms in total. The summed E-state index contributed by atoms with van der Waals surface area (Å²) in [5, 5.41) is 27.1. The molecule has 0 aromatic heterocycles. The maximum atomic E-state index is 9.19. The molecule has 0 aliphatic carbocycles. The maximum Gasteiger partial charge on any atom is 0.119 e. The molecule has 3 N–H and O–H groups in total. The van der Waals surface area contributed by atoms with Crippen LogP contribution in [0.4, 0.5) is 0 Å². The van der Waals surface area contributed by atoms with Crippen LogP contribution in [-0.4, -0.2) is 41.4 Å². The van der Waals surface area contributed by atoms with Crippen molar-refractivity contribution >= 4 is 23.5 Å². The number of ether oxygens (including phenoxy) is 3. The van der Waals surface area contributed by atoms with E-state index >= 15 is 0 Å². The molecule has 0 aliphatic rings. The summed E-state index contributed by atoms with van der Waals surface area (Å²) in [7, 11) is 1.67. The summed E-state index contributed by atoms with van der Waals surface area (Å²) in [5.74, 6) is 5.28. The fraction of sp³-hybridized carbons (Fsp3) is 0.189. The van der Waals surface area contributed by atoms with Gasteiger partial charge in [0.05, 0.1) is 20.3 Å². The molecule has 0 heterocycles. The van der Waals surface area contributed by atoms with Crippen LogP contribution >= 0.6 is 23.5 Å². The van der Waals surface area contributed by atoms with Crippen molar-refractivity contribution < 1.29 is 29.5 Å². The number of thioether (sulfide) groups is 2. The molecule has 5 aromatic rings. The van der Waals surface area contributed by atoms with Gasteiger partial charge in [0.2, 0.25) is 0 Å². The highest BCUT2D eigenvalue weighted by Gasteiger charge is 1.99. The van der Waals surface area contributed by atoms with Gasteiger partial charge in [0.15, 0.2) is 0 Å². The minimum atomic E-state index is 0.292. The van der Waals surface area contributed by atoms with Crippen LogP contribution in [0.1, 0.15) is 18.1 Å². The lowest BCUT2D eigenvalue weighted by Gasteiger charge is -2.07. The van der Waals surface area contributed by atoms with Crippen molar-refractivity contribution in [1.82, 2.24) is 0 Å². The SMILES string of the molecule is CCOc1ccc(OCCSc2ccc(O)cc2)cc1.COc1ccc(CSc2ccc(O)cc2)cc1.Cc1ccc(O)cc1. The average molecular weight is 645 g/mol. The van der Waals surface area contributed by atoms with Crippen LogP contribution in [0, 0.1) is 6.92 Å². The second-order valence-electron chi connectivity index (χ2n) is 9.56. The lowest BCUT2D eigenvalue weighted by atomic mass is 10.2. The third-order valence-corrected chi connectivity index (χ3v) is 8.09. The number of phenolic OH excluding ortho intramolecular Hbond substituents is 3. The molecule has 0 atom stereocenters. The van der Waals surface area contributed by atoms with Crippen molar-refractivity contribution in [1.29, 1.82) is 0 Å². The van der Waals surface area contributed by atoms with E-state index < -0.39 is 0 Å². The zero-order valence-corrected chi connectivity index (χ0v) is 27.4. The van der Waals surface area contributed by atoms with E-state index in [0.717, 1.165) is 38.5 Å². The Morgan fingerprint density at radius 2 is 0.978 bits per heavy atom. The summed E-state index contributed by atoms with van der Waals surface area (Å²) in [6.07, 6.45) is 0. The second-order valence-corrected chi connectivity index (χ2v) is 11.8. The Balaban J connectivity index is 0.000000200. The molecule has 0 fully saturated rings. The zero-order chi connectivity index (χ0) is 32.3. The predicted molar refractivity (Wildman–Crippen MR) is 185 cm³/mol. The van der Waals surface area contributed by atoms with Crippen LogP contribution in [-0.2, 0) is 5.75 Å². The van der Waals surface area contributed by atoms with Gasteiger partial charge < -0.3 is 29.5 Å². The Bertz CT molecular complexity index is 1470. The summed E-state index contributed by atoms with van der Waals surface area (Å²) < 4.78 is 16.1. The lowest BCUT2D eigenvalue weighted by molar-refractivity contribution is 0.332. The average Bonchev–Trinajstić information content (AvgIpc) is 3.07. The fourth-order valence-electron chi connectivity index (χ4n) is 3.64. The lowest BCUT2D eigenvalue weighted by Crippen LogP contribution is -2.00. The van der Waals surface area contributed by atoms with Gasteiger partial charge in [0.1, 0.15) is 34.5 Å². The summed E-state index contributed by atoms with van der Waals surface area (Å²) >= 11 is 3.44. The first-order valence-electron chi connectivity index (χ1n) is 14.4. The molecular formula is C37H40O6S2. The number of rotatable bonds is 11. The van der Waals surface area contributed by atoms with Crippen molar-refractivity contribution in [2.75, 3.05) is 26.1 Å². The first kappa shape index (κ1) is 35.1. The maximum absolute atomic E-state index is 9.19. The number of aryl methyl sites for hydroxylation is 1. The van der Waals surface area contributed by atoms with Gasteiger partial charge in [0.25, 0.3) is 0 Å². The molecule has 5 aromatic carbocycles. The summed E-state index contributed by atoms with van der Waals surface area (Å²) in [5.41, 5.74) is 2.42. The largest absolute Gasteiger partial charge is 0.508 e. The molecule has 45 heavy (non-hydrogen) atoms. The zero-order valence-electron chi connectivity index (χ0n) is 25.8. The van der Waals surface area contributed by atoms with E-state index in [1.165, 1.54) is 11.1 Å². The molecule has 8 heteroatoms. The molecule has 5 rings (SSSR count). The highest BCUT2D eigenvalue weighted by molar-refractivity contribution is 7.99. The van der Waals surface area contributed by atoms with Crippen LogP contribution < -0.4 is 14.2 Å². The summed E-state index contributed by atoms with van der Waals surface area (Å²) in [4.78, 5) is 2.27. The van der Waals surface area contributed by atoms with E-state index in [9.17, 15) is 10.2 Å². The van der Waals surface area contributed by atoms with E-state index in [1.54, 1.807) is 67.0 Å². The standard InChI is InChI=1S/C16H18O3S.C14H14O2S.C7H8O/c1-2-18-14-5-7-15(8-6-14)19-11-12-20-16-9-3-13(17)4-10-16;1-16-13-6-2-11(3-7-13)10-17-14-8-4-12(15)5-9-14;1-6-2-4-7(8)5-3-6/h3-10,17H,2,11-12H2,1H3;2-9,15H,10H2,1H3;2-5,8H,1H3. The second kappa shape index (κ2) is 19.8. The van der Waals surface area contributed by atoms with E-state index in [0.29, 0.717) is 30.5 Å². The number of phenols is 3. The third-order valence-electron chi connectivity index (χ3n) is 6.03. The first-order valence-corrected chi connectivity index (χ1v) is 16.4. The van der Waals surface area contributed by atoms with E-state index in [2.05, 4.69) is 12.1 Å². The first-order chi connectivity index (χ1) is 21.8. The molecule has 0 saturated heterocycles. The topological polar surface area (TPSA) is 88.4 Å². The highest BCUT2D eigenvalue weighted by atomic mass is 32.2. The number of benzene rings is 5. The van der Waals surface area contributed by atoms with Crippen molar-refractivity contribution in [3.8, 4) is 34.5 Å². The highest BCUT2D eigenvalue weighted by Crippen LogP contribution is 2.25. The fourth-order valence-corrected chi connectivity index (χ4v) is 5.22. The Hall–Kier alpha value is -4.40. The molecule has 0 amide bonds. The molecular weight excluding hydrogens is 605 g/mol. The van der Waals surface area contributed by atoms with Crippen LogP contribution in [0.5, 0.6) is 34.5 Å². The Labute approximate surface area is 274 Å². The summed E-state index contributed by atoms with van der Waals surface area (Å²) in [6.45, 7) is 5.26. The monoisotopic (exact) mass is 644 g/mol. The predicted octanol–water partition coefficient (Wildman–Crippen LogP) is 9.36.